The van der Waals surface area contributed by atoms with Crippen molar-refractivity contribution >= 4 is 23.8 Å². The number of urea groups is 1. The van der Waals surface area contributed by atoms with E-state index in [1.54, 1.807) is 4.90 Å². The van der Waals surface area contributed by atoms with Crippen LogP contribution in [0, 0.1) is 0 Å². The number of nitrogens with one attached hydrogen (secondary N) is 1. The van der Waals surface area contributed by atoms with Crippen LogP contribution in [0.3, 0.4) is 0 Å². The zero-order valence-corrected chi connectivity index (χ0v) is 12.0. The molecule has 19 heavy (non-hydrogen) atoms. The number of carboxylic acids is 1. The van der Waals surface area contributed by atoms with E-state index in [2.05, 4.69) is 5.32 Å². The van der Waals surface area contributed by atoms with Crippen LogP contribution in [-0.2, 0) is 4.79 Å². The zero-order valence-electron chi connectivity index (χ0n) is 11.2. The van der Waals surface area contributed by atoms with Crippen molar-refractivity contribution in [3.05, 3.63) is 0 Å². The Hall–Kier alpha value is -0.910. The number of thioether (sulfide) groups is 1. The lowest BCUT2D eigenvalue weighted by molar-refractivity contribution is -0.146. The maximum atomic E-state index is 12.3. The lowest BCUT2D eigenvalue weighted by atomic mass is 9.82. The highest BCUT2D eigenvalue weighted by Crippen LogP contribution is 2.28. The van der Waals surface area contributed by atoms with Crippen LogP contribution in [0.15, 0.2) is 0 Å². The number of aliphatic carboxylic acids is 1. The molecule has 1 saturated carbocycles. The Morgan fingerprint density at radius 1 is 1.05 bits per heavy atom. The van der Waals surface area contributed by atoms with Gasteiger partial charge in [0.15, 0.2) is 0 Å². The number of hydrogen-bond acceptors (Lipinski definition) is 3. The molecule has 108 valence electrons. The van der Waals surface area contributed by atoms with Gasteiger partial charge in [0.1, 0.15) is 5.54 Å². The second-order valence-corrected chi connectivity index (χ2v) is 6.56. The molecule has 2 amide bonds. The molecular formula is C13H22N2O3S. The van der Waals surface area contributed by atoms with Gasteiger partial charge in [0.05, 0.1) is 0 Å². The van der Waals surface area contributed by atoms with E-state index in [1.165, 1.54) is 0 Å². The van der Waals surface area contributed by atoms with Crippen molar-refractivity contribution in [1.82, 2.24) is 10.2 Å². The van der Waals surface area contributed by atoms with Crippen molar-refractivity contribution in [2.24, 2.45) is 0 Å². The summed E-state index contributed by atoms with van der Waals surface area (Å²) in [6.45, 7) is 1.45. The molecule has 2 rings (SSSR count). The van der Waals surface area contributed by atoms with E-state index < -0.39 is 11.5 Å². The third-order valence-corrected chi connectivity index (χ3v) is 5.02. The first-order valence-corrected chi connectivity index (χ1v) is 8.18. The van der Waals surface area contributed by atoms with Gasteiger partial charge in [-0.2, -0.15) is 11.8 Å². The standard InChI is InChI=1S/C13H22N2O3S/c16-11(17)13(5-2-1-3-6-13)14-12(18)15-7-4-9-19-10-8-15/h1-10H2,(H,14,18)(H,16,17). The zero-order chi connectivity index (χ0) is 13.7. The predicted octanol–water partition coefficient (Wildman–Crippen LogP) is 1.92. The van der Waals surface area contributed by atoms with Crippen LogP contribution in [-0.4, -0.2) is 52.1 Å². The van der Waals surface area contributed by atoms with E-state index >= 15 is 0 Å². The molecule has 0 aromatic heterocycles. The Kier molecular flexibility index (Phi) is 4.96. The second kappa shape index (κ2) is 6.50. The molecule has 0 radical (unpaired) electrons. The quantitative estimate of drug-likeness (QED) is 0.813. The maximum absolute atomic E-state index is 12.3. The van der Waals surface area contributed by atoms with Crippen LogP contribution in [0.25, 0.3) is 0 Å². The van der Waals surface area contributed by atoms with Crippen LogP contribution in [0.4, 0.5) is 4.79 Å². The van der Waals surface area contributed by atoms with Crippen molar-refractivity contribution in [2.75, 3.05) is 24.6 Å². The first-order valence-electron chi connectivity index (χ1n) is 7.02. The molecule has 1 aliphatic carbocycles. The summed E-state index contributed by atoms with van der Waals surface area (Å²) in [7, 11) is 0. The van der Waals surface area contributed by atoms with E-state index in [1.807, 2.05) is 11.8 Å². The van der Waals surface area contributed by atoms with Gasteiger partial charge in [-0.3, -0.25) is 0 Å². The van der Waals surface area contributed by atoms with E-state index in [9.17, 15) is 14.7 Å². The van der Waals surface area contributed by atoms with Gasteiger partial charge in [-0.05, 0) is 25.0 Å². The number of hydrogen-bond donors (Lipinski definition) is 2. The molecule has 0 aromatic carbocycles. The van der Waals surface area contributed by atoms with Crippen LogP contribution < -0.4 is 5.32 Å². The number of amides is 2. The van der Waals surface area contributed by atoms with Crippen LogP contribution in [0.1, 0.15) is 38.5 Å². The van der Waals surface area contributed by atoms with Crippen molar-refractivity contribution in [3.8, 4) is 0 Å². The maximum Gasteiger partial charge on any atom is 0.329 e. The Bertz CT molecular complexity index is 335. The van der Waals surface area contributed by atoms with Gasteiger partial charge in [-0.25, -0.2) is 9.59 Å². The fourth-order valence-electron chi connectivity index (χ4n) is 2.78. The van der Waals surface area contributed by atoms with E-state index in [0.29, 0.717) is 19.4 Å². The Labute approximate surface area is 118 Å². The number of carbonyl (C=O) groups excluding carboxylic acids is 1. The monoisotopic (exact) mass is 286 g/mol. The largest absolute Gasteiger partial charge is 0.480 e. The van der Waals surface area contributed by atoms with Crippen molar-refractivity contribution < 1.29 is 14.7 Å². The van der Waals surface area contributed by atoms with Crippen LogP contribution in [0.2, 0.25) is 0 Å². The molecule has 1 saturated heterocycles. The summed E-state index contributed by atoms with van der Waals surface area (Å²) >= 11 is 1.85. The topological polar surface area (TPSA) is 69.6 Å². The first-order chi connectivity index (χ1) is 9.14. The Morgan fingerprint density at radius 3 is 2.47 bits per heavy atom. The highest BCUT2D eigenvalue weighted by molar-refractivity contribution is 7.99. The fourth-order valence-corrected chi connectivity index (χ4v) is 3.67. The van der Waals surface area contributed by atoms with E-state index in [4.69, 9.17) is 0 Å². The lowest BCUT2D eigenvalue weighted by Gasteiger charge is -2.35. The van der Waals surface area contributed by atoms with Gasteiger partial charge in [0.2, 0.25) is 0 Å². The first kappa shape index (κ1) is 14.5. The number of nitrogens with zero attached hydrogens (tertiary/aromatic N) is 1. The summed E-state index contributed by atoms with van der Waals surface area (Å²) in [6, 6.07) is -0.202. The molecule has 0 aromatic rings. The van der Waals surface area contributed by atoms with E-state index in [-0.39, 0.29) is 6.03 Å². The van der Waals surface area contributed by atoms with Gasteiger partial charge in [0.25, 0.3) is 0 Å². The molecule has 0 bridgehead atoms. The Balaban J connectivity index is 1.99. The average molecular weight is 286 g/mol. The van der Waals surface area contributed by atoms with Crippen LogP contribution >= 0.6 is 11.8 Å². The molecule has 5 nitrogen and oxygen atoms in total. The molecular weight excluding hydrogens is 264 g/mol. The highest BCUT2D eigenvalue weighted by atomic mass is 32.2. The number of carboxylic acid groups (broad SMARTS) is 1. The minimum absolute atomic E-state index is 0.202. The molecule has 0 spiro atoms. The highest BCUT2D eigenvalue weighted by Gasteiger charge is 2.41. The van der Waals surface area contributed by atoms with Gasteiger partial charge < -0.3 is 15.3 Å². The minimum atomic E-state index is -1.03. The summed E-state index contributed by atoms with van der Waals surface area (Å²) in [4.78, 5) is 25.6. The predicted molar refractivity (Wildman–Crippen MR) is 75.5 cm³/mol. The molecule has 0 unspecified atom stereocenters. The van der Waals surface area contributed by atoms with Gasteiger partial charge in [-0.15, -0.1) is 0 Å². The number of carbonyl (C=O) groups is 2. The summed E-state index contributed by atoms with van der Waals surface area (Å²) in [5.41, 5.74) is -1.03. The molecule has 2 aliphatic rings. The molecule has 2 N–H and O–H groups in total. The second-order valence-electron chi connectivity index (χ2n) is 5.33. The lowest BCUT2D eigenvalue weighted by Crippen LogP contribution is -2.59. The van der Waals surface area contributed by atoms with Crippen molar-refractivity contribution in [1.29, 1.82) is 0 Å². The normalized spacial score (nSPS) is 23.5. The van der Waals surface area contributed by atoms with Crippen LogP contribution in [0.5, 0.6) is 0 Å². The molecule has 1 aliphatic heterocycles. The van der Waals surface area contributed by atoms with Gasteiger partial charge in [0, 0.05) is 18.8 Å². The summed E-state index contributed by atoms with van der Waals surface area (Å²) < 4.78 is 0. The third kappa shape index (κ3) is 3.55. The van der Waals surface area contributed by atoms with E-state index in [0.717, 1.165) is 43.7 Å². The summed E-state index contributed by atoms with van der Waals surface area (Å²) in [6.07, 6.45) is 4.90. The van der Waals surface area contributed by atoms with Gasteiger partial charge in [-0.1, -0.05) is 19.3 Å². The Morgan fingerprint density at radius 2 is 1.79 bits per heavy atom. The molecule has 1 heterocycles. The number of rotatable bonds is 2. The molecule has 6 heteroatoms. The SMILES string of the molecule is O=C(NC1(C(=O)O)CCCCC1)N1CCCSCC1. The molecule has 0 atom stereocenters. The third-order valence-electron chi connectivity index (χ3n) is 3.97. The molecule has 2 fully saturated rings. The van der Waals surface area contributed by atoms with Gasteiger partial charge >= 0.3 is 12.0 Å². The fraction of sp³-hybridized carbons (Fsp3) is 0.846. The summed E-state index contributed by atoms with van der Waals surface area (Å²) in [5.74, 6) is 1.13. The average Bonchev–Trinajstić information content (AvgIpc) is 2.68. The van der Waals surface area contributed by atoms with Crippen molar-refractivity contribution in [3.63, 3.8) is 0 Å². The van der Waals surface area contributed by atoms with Crippen molar-refractivity contribution in [2.45, 2.75) is 44.1 Å². The minimum Gasteiger partial charge on any atom is -0.480 e. The smallest absolute Gasteiger partial charge is 0.329 e. The summed E-state index contributed by atoms with van der Waals surface area (Å²) in [5, 5.41) is 12.3.